The van der Waals surface area contributed by atoms with Crippen molar-refractivity contribution in [3.8, 4) is 0 Å². The van der Waals surface area contributed by atoms with Crippen LogP contribution >= 0.6 is 0 Å². The molecular weight excluding hydrogens is 280 g/mol. The van der Waals surface area contributed by atoms with Crippen molar-refractivity contribution in [1.29, 1.82) is 0 Å². The minimum absolute atomic E-state index is 0.0397. The Hall–Kier alpha value is -1.64. The summed E-state index contributed by atoms with van der Waals surface area (Å²) in [5.74, 6) is 0. The summed E-state index contributed by atoms with van der Waals surface area (Å²) in [5.41, 5.74) is 0.614. The van der Waals surface area contributed by atoms with Gasteiger partial charge < -0.3 is 9.67 Å². The zero-order valence-electron chi connectivity index (χ0n) is 11.4. The molecule has 0 bridgehead atoms. The van der Waals surface area contributed by atoms with Gasteiger partial charge in [-0.25, -0.2) is 8.96 Å². The largest absolute Gasteiger partial charge is 0.394 e. The fraction of sp³-hybridized carbons (Fsp3) is 0.417. The molecule has 0 saturated heterocycles. The lowest BCUT2D eigenvalue weighted by Gasteiger charge is -2.15. The van der Waals surface area contributed by atoms with Crippen molar-refractivity contribution in [2.24, 2.45) is 0 Å². The average Bonchev–Trinajstić information content (AvgIpc) is 3.07. The highest BCUT2D eigenvalue weighted by Gasteiger charge is 2.18. The predicted octanol–water partition coefficient (Wildman–Crippen LogP) is 0.115. The third-order valence-corrected chi connectivity index (χ3v) is 4.70. The van der Waals surface area contributed by atoms with Crippen LogP contribution in [0.5, 0.6) is 0 Å². The molecule has 20 heavy (non-hydrogen) atoms. The summed E-state index contributed by atoms with van der Waals surface area (Å²) >= 11 is 0. The van der Waals surface area contributed by atoms with Gasteiger partial charge in [0, 0.05) is 39.1 Å². The van der Waals surface area contributed by atoms with Crippen molar-refractivity contribution in [1.82, 2.24) is 17.8 Å². The molecule has 0 radical (unpaired) electrons. The van der Waals surface area contributed by atoms with E-state index in [4.69, 9.17) is 0 Å². The molecule has 0 aliphatic rings. The normalized spacial score (nSPS) is 13.8. The van der Waals surface area contributed by atoms with E-state index >= 15 is 0 Å². The van der Waals surface area contributed by atoms with E-state index in [0.717, 1.165) is 8.28 Å². The minimum Gasteiger partial charge on any atom is -0.394 e. The summed E-state index contributed by atoms with van der Waals surface area (Å²) in [7, 11) is -0.607. The Morgan fingerprint density at radius 2 is 2.00 bits per heavy atom. The quantitative estimate of drug-likeness (QED) is 0.821. The molecule has 7 nitrogen and oxygen atoms in total. The topological polar surface area (TPSA) is 80.4 Å². The molecule has 0 saturated carbocycles. The summed E-state index contributed by atoms with van der Waals surface area (Å²) in [5, 5.41) is 9.43. The molecule has 110 valence electrons. The van der Waals surface area contributed by atoms with Gasteiger partial charge >= 0.3 is 10.2 Å². The van der Waals surface area contributed by atoms with Crippen LogP contribution in [0.4, 0.5) is 0 Å². The summed E-state index contributed by atoms with van der Waals surface area (Å²) in [6.45, 7) is -0.0397. The zero-order chi connectivity index (χ0) is 14.8. The van der Waals surface area contributed by atoms with Crippen LogP contribution in [0.15, 0.2) is 37.1 Å². The lowest BCUT2D eigenvalue weighted by atomic mass is 10.2. The Morgan fingerprint density at radius 3 is 2.55 bits per heavy atom. The van der Waals surface area contributed by atoms with Crippen molar-refractivity contribution in [3.05, 3.63) is 42.7 Å². The lowest BCUT2D eigenvalue weighted by Crippen LogP contribution is -2.27. The number of aliphatic hydroxyl groups is 1. The van der Waals surface area contributed by atoms with Crippen molar-refractivity contribution in [2.75, 3.05) is 20.7 Å². The van der Waals surface area contributed by atoms with Gasteiger partial charge in [0.1, 0.15) is 6.33 Å². The molecule has 0 unspecified atom stereocenters. The van der Waals surface area contributed by atoms with Gasteiger partial charge in [-0.05, 0) is 12.1 Å². The molecule has 2 aromatic heterocycles. The second-order valence-corrected chi connectivity index (χ2v) is 6.70. The number of hydrogen-bond donors (Lipinski definition) is 1. The average molecular weight is 298 g/mol. The van der Waals surface area contributed by atoms with Gasteiger partial charge in [0.2, 0.25) is 0 Å². The first-order valence-electron chi connectivity index (χ1n) is 6.14. The molecule has 0 aromatic carbocycles. The maximum absolute atomic E-state index is 11.9. The van der Waals surface area contributed by atoms with E-state index in [2.05, 4.69) is 4.98 Å². The van der Waals surface area contributed by atoms with Crippen LogP contribution in [0.1, 0.15) is 11.7 Å². The first kappa shape index (κ1) is 14.8. The number of aromatic nitrogens is 3. The van der Waals surface area contributed by atoms with Crippen molar-refractivity contribution >= 4 is 10.2 Å². The standard InChI is InChI=1S/C12H18N4O3S/c1-14(2)20(18,19)16-8-11(13-10-16)7-12(9-17)15-5-3-4-6-15/h3-6,8,10,12,17H,7,9H2,1-2H3/t12-/m0/s1. The van der Waals surface area contributed by atoms with Gasteiger partial charge in [0.15, 0.2) is 0 Å². The molecule has 2 heterocycles. The van der Waals surface area contributed by atoms with Gasteiger partial charge in [0.05, 0.1) is 18.3 Å². The van der Waals surface area contributed by atoms with Gasteiger partial charge in [-0.2, -0.15) is 12.7 Å². The fourth-order valence-corrected chi connectivity index (χ4v) is 2.66. The zero-order valence-corrected chi connectivity index (χ0v) is 12.2. The van der Waals surface area contributed by atoms with Crippen molar-refractivity contribution in [2.45, 2.75) is 12.5 Å². The molecule has 8 heteroatoms. The Balaban J connectivity index is 2.18. The summed E-state index contributed by atoms with van der Waals surface area (Å²) in [6, 6.07) is 3.59. The number of hydrogen-bond acceptors (Lipinski definition) is 4. The number of nitrogens with zero attached hydrogens (tertiary/aromatic N) is 4. The lowest BCUT2D eigenvalue weighted by molar-refractivity contribution is 0.227. The van der Waals surface area contributed by atoms with Crippen LogP contribution in [0.25, 0.3) is 0 Å². The molecule has 0 amide bonds. The first-order chi connectivity index (χ1) is 9.45. The number of aliphatic hydroxyl groups excluding tert-OH is 1. The SMILES string of the molecule is CN(C)S(=O)(=O)n1cnc(C[C@@H](CO)n2cccc2)c1. The first-order valence-corrected chi connectivity index (χ1v) is 7.54. The molecule has 0 aliphatic heterocycles. The molecular formula is C12H18N4O3S. The highest BCUT2D eigenvalue weighted by molar-refractivity contribution is 7.87. The van der Waals surface area contributed by atoms with Crippen molar-refractivity contribution < 1.29 is 13.5 Å². The Labute approximate surface area is 118 Å². The van der Waals surface area contributed by atoms with E-state index in [0.29, 0.717) is 12.1 Å². The maximum Gasteiger partial charge on any atom is 0.308 e. The maximum atomic E-state index is 11.9. The molecule has 2 aromatic rings. The molecule has 0 fully saturated rings. The monoisotopic (exact) mass is 298 g/mol. The Bertz CT molecular complexity index is 646. The van der Waals surface area contributed by atoms with E-state index in [1.165, 1.54) is 26.6 Å². The van der Waals surface area contributed by atoms with Crippen LogP contribution in [-0.2, 0) is 16.6 Å². The van der Waals surface area contributed by atoms with Crippen molar-refractivity contribution in [3.63, 3.8) is 0 Å². The Morgan fingerprint density at radius 1 is 1.35 bits per heavy atom. The van der Waals surface area contributed by atoms with Gasteiger partial charge in [-0.3, -0.25) is 0 Å². The molecule has 0 spiro atoms. The summed E-state index contributed by atoms with van der Waals surface area (Å²) < 4.78 is 27.9. The predicted molar refractivity (Wildman–Crippen MR) is 74.5 cm³/mol. The molecule has 0 aliphatic carbocycles. The second kappa shape index (κ2) is 5.78. The van der Waals surface area contributed by atoms with E-state index in [9.17, 15) is 13.5 Å². The van der Waals surface area contributed by atoms with Gasteiger partial charge in [-0.1, -0.05) is 0 Å². The fourth-order valence-electron chi connectivity index (χ4n) is 1.86. The minimum atomic E-state index is -3.53. The van der Waals surface area contributed by atoms with E-state index in [1.54, 1.807) is 0 Å². The van der Waals surface area contributed by atoms with Crippen LogP contribution in [-0.4, -0.2) is 52.1 Å². The van der Waals surface area contributed by atoms with Crippen LogP contribution < -0.4 is 0 Å². The van der Waals surface area contributed by atoms with Crippen LogP contribution in [0.3, 0.4) is 0 Å². The highest BCUT2D eigenvalue weighted by Crippen LogP contribution is 2.14. The highest BCUT2D eigenvalue weighted by atomic mass is 32.2. The van der Waals surface area contributed by atoms with Gasteiger partial charge in [0.25, 0.3) is 0 Å². The number of imidazole rings is 1. The third-order valence-electron chi connectivity index (χ3n) is 3.05. The molecule has 1 atom stereocenters. The van der Waals surface area contributed by atoms with Crippen LogP contribution in [0.2, 0.25) is 0 Å². The number of rotatable bonds is 6. The summed E-state index contributed by atoms with van der Waals surface area (Å²) in [6.07, 6.45) is 6.92. The molecule has 2 rings (SSSR count). The third kappa shape index (κ3) is 2.92. The van der Waals surface area contributed by atoms with Gasteiger partial charge in [-0.15, -0.1) is 0 Å². The van der Waals surface area contributed by atoms with E-state index in [-0.39, 0.29) is 12.6 Å². The van der Waals surface area contributed by atoms with E-state index in [1.807, 2.05) is 29.1 Å². The van der Waals surface area contributed by atoms with E-state index < -0.39 is 10.2 Å². The van der Waals surface area contributed by atoms with Crippen LogP contribution in [0, 0.1) is 0 Å². The smallest absolute Gasteiger partial charge is 0.308 e. The molecule has 1 N–H and O–H groups in total. The Kier molecular flexibility index (Phi) is 4.26. The summed E-state index contributed by atoms with van der Waals surface area (Å²) in [4.78, 5) is 4.10. The second-order valence-electron chi connectivity index (χ2n) is 4.66.